The zero-order valence-corrected chi connectivity index (χ0v) is 8.02. The SMILES string of the molecule is CSCCCN1CC(=O)CC1=O. The molecule has 1 saturated heterocycles. The second kappa shape index (κ2) is 4.50. The fourth-order valence-electron chi connectivity index (χ4n) is 1.24. The monoisotopic (exact) mass is 187 g/mol. The highest BCUT2D eigenvalue weighted by Crippen LogP contribution is 2.07. The molecule has 0 aromatic heterocycles. The average Bonchev–Trinajstić information content (AvgIpc) is 2.31. The highest BCUT2D eigenvalue weighted by atomic mass is 32.2. The summed E-state index contributed by atoms with van der Waals surface area (Å²) in [6.45, 7) is 1.08. The van der Waals surface area contributed by atoms with E-state index in [2.05, 4.69) is 0 Å². The number of carbonyl (C=O) groups excluding carboxylic acids is 2. The van der Waals surface area contributed by atoms with Gasteiger partial charge in [-0.05, 0) is 18.4 Å². The fraction of sp³-hybridized carbons (Fsp3) is 0.750. The van der Waals surface area contributed by atoms with E-state index in [1.165, 1.54) is 0 Å². The molecule has 0 radical (unpaired) electrons. The molecule has 0 saturated carbocycles. The van der Waals surface area contributed by atoms with E-state index >= 15 is 0 Å². The lowest BCUT2D eigenvalue weighted by Gasteiger charge is -2.13. The summed E-state index contributed by atoms with van der Waals surface area (Å²) in [7, 11) is 0. The lowest BCUT2D eigenvalue weighted by atomic mass is 10.3. The summed E-state index contributed by atoms with van der Waals surface area (Å²) in [6, 6.07) is 0. The summed E-state index contributed by atoms with van der Waals surface area (Å²) in [5.41, 5.74) is 0. The van der Waals surface area contributed by atoms with E-state index in [4.69, 9.17) is 0 Å². The molecule has 0 spiro atoms. The Hall–Kier alpha value is -0.510. The van der Waals surface area contributed by atoms with Crippen LogP contribution in [-0.4, -0.2) is 41.7 Å². The third-order valence-corrected chi connectivity index (χ3v) is 2.54. The summed E-state index contributed by atoms with van der Waals surface area (Å²) >= 11 is 1.76. The van der Waals surface area contributed by atoms with Crippen LogP contribution in [0.3, 0.4) is 0 Å². The Morgan fingerprint density at radius 1 is 1.50 bits per heavy atom. The van der Waals surface area contributed by atoms with Gasteiger partial charge in [0.15, 0.2) is 5.78 Å². The van der Waals surface area contributed by atoms with Crippen molar-refractivity contribution in [2.45, 2.75) is 12.8 Å². The van der Waals surface area contributed by atoms with Crippen LogP contribution >= 0.6 is 11.8 Å². The second-order valence-corrected chi connectivity index (χ2v) is 3.86. The van der Waals surface area contributed by atoms with Gasteiger partial charge >= 0.3 is 0 Å². The molecular formula is C8H13NO2S. The number of amides is 1. The van der Waals surface area contributed by atoms with Crippen molar-refractivity contribution in [2.24, 2.45) is 0 Å². The molecule has 1 heterocycles. The number of hydrogen-bond acceptors (Lipinski definition) is 3. The van der Waals surface area contributed by atoms with E-state index in [9.17, 15) is 9.59 Å². The van der Waals surface area contributed by atoms with E-state index in [-0.39, 0.29) is 18.1 Å². The Bertz CT molecular complexity index is 193. The minimum absolute atomic E-state index is 0.00102. The predicted molar refractivity (Wildman–Crippen MR) is 49.2 cm³/mol. The molecule has 1 rings (SSSR count). The topological polar surface area (TPSA) is 37.4 Å². The quantitative estimate of drug-likeness (QED) is 0.476. The van der Waals surface area contributed by atoms with Crippen LogP contribution < -0.4 is 0 Å². The maximum Gasteiger partial charge on any atom is 0.230 e. The van der Waals surface area contributed by atoms with Crippen molar-refractivity contribution < 1.29 is 9.59 Å². The maximum atomic E-state index is 11.1. The molecule has 1 aliphatic rings. The summed E-state index contributed by atoms with van der Waals surface area (Å²) in [5, 5.41) is 0. The van der Waals surface area contributed by atoms with Crippen molar-refractivity contribution in [3.05, 3.63) is 0 Å². The second-order valence-electron chi connectivity index (χ2n) is 2.88. The first-order valence-electron chi connectivity index (χ1n) is 4.02. The van der Waals surface area contributed by atoms with Crippen LogP contribution in [0.2, 0.25) is 0 Å². The number of thioether (sulfide) groups is 1. The van der Waals surface area contributed by atoms with Gasteiger partial charge in [0, 0.05) is 6.54 Å². The number of rotatable bonds is 4. The van der Waals surface area contributed by atoms with Crippen molar-refractivity contribution in [3.8, 4) is 0 Å². The van der Waals surface area contributed by atoms with Crippen LogP contribution in [-0.2, 0) is 9.59 Å². The summed E-state index contributed by atoms with van der Waals surface area (Å²) in [5.74, 6) is 1.11. The Morgan fingerprint density at radius 2 is 2.25 bits per heavy atom. The van der Waals surface area contributed by atoms with E-state index < -0.39 is 0 Å². The lowest BCUT2D eigenvalue weighted by molar-refractivity contribution is -0.127. The van der Waals surface area contributed by atoms with Gasteiger partial charge in [0.25, 0.3) is 0 Å². The molecule has 3 nitrogen and oxygen atoms in total. The average molecular weight is 187 g/mol. The van der Waals surface area contributed by atoms with Gasteiger partial charge in [-0.15, -0.1) is 0 Å². The number of hydrogen-bond donors (Lipinski definition) is 0. The van der Waals surface area contributed by atoms with Gasteiger partial charge in [0.05, 0.1) is 13.0 Å². The van der Waals surface area contributed by atoms with Gasteiger partial charge in [0.2, 0.25) is 5.91 Å². The molecule has 0 aromatic rings. The lowest BCUT2D eigenvalue weighted by Crippen LogP contribution is -2.26. The van der Waals surface area contributed by atoms with Gasteiger partial charge < -0.3 is 4.90 Å². The Balaban J connectivity index is 2.24. The largest absolute Gasteiger partial charge is 0.335 e. The van der Waals surface area contributed by atoms with Crippen molar-refractivity contribution in [2.75, 3.05) is 25.1 Å². The molecule has 1 aliphatic heterocycles. The first-order valence-corrected chi connectivity index (χ1v) is 5.42. The molecule has 0 atom stereocenters. The van der Waals surface area contributed by atoms with Crippen LogP contribution in [0.1, 0.15) is 12.8 Å². The molecule has 0 aliphatic carbocycles. The highest BCUT2D eigenvalue weighted by Gasteiger charge is 2.26. The van der Waals surface area contributed by atoms with Gasteiger partial charge in [0.1, 0.15) is 0 Å². The smallest absolute Gasteiger partial charge is 0.230 e. The van der Waals surface area contributed by atoms with Crippen LogP contribution in [0.4, 0.5) is 0 Å². The van der Waals surface area contributed by atoms with Gasteiger partial charge in [-0.25, -0.2) is 0 Å². The minimum Gasteiger partial charge on any atom is -0.335 e. The summed E-state index contributed by atoms with van der Waals surface area (Å²) < 4.78 is 0. The maximum absolute atomic E-state index is 11.1. The Morgan fingerprint density at radius 3 is 2.75 bits per heavy atom. The number of ketones is 1. The predicted octanol–water partition coefficient (Wildman–Crippen LogP) is 0.541. The van der Waals surface area contributed by atoms with Gasteiger partial charge in [-0.2, -0.15) is 11.8 Å². The molecule has 0 bridgehead atoms. The Labute approximate surface area is 76.5 Å². The first kappa shape index (κ1) is 9.58. The standard InChI is InChI=1S/C8H13NO2S/c1-12-4-2-3-9-6-7(10)5-8(9)11/h2-6H2,1H3. The number of carbonyl (C=O) groups is 2. The van der Waals surface area contributed by atoms with Crippen molar-refractivity contribution in [3.63, 3.8) is 0 Å². The van der Waals surface area contributed by atoms with Crippen LogP contribution in [0.5, 0.6) is 0 Å². The van der Waals surface area contributed by atoms with Crippen LogP contribution in [0.15, 0.2) is 0 Å². The molecule has 68 valence electrons. The van der Waals surface area contributed by atoms with Gasteiger partial charge in [-0.3, -0.25) is 9.59 Å². The molecular weight excluding hydrogens is 174 g/mol. The zero-order chi connectivity index (χ0) is 8.97. The molecule has 12 heavy (non-hydrogen) atoms. The van der Waals surface area contributed by atoms with Crippen LogP contribution in [0.25, 0.3) is 0 Å². The van der Waals surface area contributed by atoms with Crippen LogP contribution in [0, 0.1) is 0 Å². The third-order valence-electron chi connectivity index (χ3n) is 1.84. The molecule has 0 N–H and O–H groups in total. The van der Waals surface area contributed by atoms with E-state index in [1.54, 1.807) is 16.7 Å². The molecule has 4 heteroatoms. The number of nitrogens with zero attached hydrogens (tertiary/aromatic N) is 1. The van der Waals surface area contributed by atoms with E-state index in [1.807, 2.05) is 6.26 Å². The zero-order valence-electron chi connectivity index (χ0n) is 7.21. The number of Topliss-reactive ketones (excluding diaryl/α,β-unsaturated/α-hetero) is 1. The van der Waals surface area contributed by atoms with E-state index in [0.717, 1.165) is 18.7 Å². The number of likely N-dealkylation sites (tertiary alicyclic amines) is 1. The summed E-state index contributed by atoms with van der Waals surface area (Å²) in [4.78, 5) is 23.6. The molecule has 1 amide bonds. The third kappa shape index (κ3) is 2.52. The van der Waals surface area contributed by atoms with Crippen molar-refractivity contribution >= 4 is 23.5 Å². The normalized spacial score (nSPS) is 17.6. The molecule has 0 unspecified atom stereocenters. The molecule has 0 aromatic carbocycles. The minimum atomic E-state index is 0.00102. The first-order chi connectivity index (χ1) is 5.74. The summed E-state index contributed by atoms with van der Waals surface area (Å²) in [6.07, 6.45) is 3.15. The van der Waals surface area contributed by atoms with Crippen molar-refractivity contribution in [1.29, 1.82) is 0 Å². The highest BCUT2D eigenvalue weighted by molar-refractivity contribution is 7.98. The van der Waals surface area contributed by atoms with Gasteiger partial charge in [-0.1, -0.05) is 0 Å². The molecule has 1 fully saturated rings. The fourth-order valence-corrected chi connectivity index (χ4v) is 1.66. The Kier molecular flexibility index (Phi) is 3.59. The van der Waals surface area contributed by atoms with Crippen molar-refractivity contribution in [1.82, 2.24) is 4.90 Å². The van der Waals surface area contributed by atoms with E-state index in [0.29, 0.717) is 6.54 Å².